The molecule has 0 radical (unpaired) electrons. The fourth-order valence-electron chi connectivity index (χ4n) is 3.07. The molecule has 2 aromatic rings. The number of nitrogens with one attached hydrogen (secondary N) is 1. The summed E-state index contributed by atoms with van der Waals surface area (Å²) < 4.78 is 11.4. The molecule has 1 aliphatic rings. The largest absolute Gasteiger partial charge is 0.490 e. The maximum absolute atomic E-state index is 12.2. The topological polar surface area (TPSA) is 73.6 Å². The molecule has 0 spiro atoms. The molecule has 0 bridgehead atoms. The van der Waals surface area contributed by atoms with E-state index in [0.717, 1.165) is 54.3 Å². The summed E-state index contributed by atoms with van der Waals surface area (Å²) in [5.74, 6) is 0.845. The van der Waals surface area contributed by atoms with Gasteiger partial charge >= 0.3 is 0 Å². The quantitative estimate of drug-likeness (QED) is 0.776. The van der Waals surface area contributed by atoms with Crippen molar-refractivity contribution < 1.29 is 14.3 Å². The molecule has 0 saturated carbocycles. The minimum absolute atomic E-state index is 0.0225. The third-order valence-corrected chi connectivity index (χ3v) is 4.60. The van der Waals surface area contributed by atoms with Crippen LogP contribution in [0.15, 0.2) is 42.5 Å². The zero-order chi connectivity index (χ0) is 18.4. The Hall–Kier alpha value is -2.53. The van der Waals surface area contributed by atoms with Crippen LogP contribution in [0.3, 0.4) is 0 Å². The lowest BCUT2D eigenvalue weighted by Crippen LogP contribution is -2.26. The zero-order valence-electron chi connectivity index (χ0n) is 15.2. The van der Waals surface area contributed by atoms with E-state index in [1.165, 1.54) is 0 Å². The van der Waals surface area contributed by atoms with Crippen molar-refractivity contribution in [3.05, 3.63) is 53.6 Å². The minimum Gasteiger partial charge on any atom is -0.490 e. The summed E-state index contributed by atoms with van der Waals surface area (Å²) in [6.45, 7) is 3.50. The molecule has 0 atom stereocenters. The van der Waals surface area contributed by atoms with Gasteiger partial charge in [-0.15, -0.1) is 0 Å². The Morgan fingerprint density at radius 1 is 1.23 bits per heavy atom. The molecular weight excluding hydrogens is 328 g/mol. The highest BCUT2D eigenvalue weighted by Gasteiger charge is 2.16. The maximum Gasteiger partial charge on any atom is 0.224 e. The molecule has 138 valence electrons. The fraction of sp³-hybridized carbons (Fsp3) is 0.381. The van der Waals surface area contributed by atoms with Gasteiger partial charge in [0.15, 0.2) is 0 Å². The number of nitrogen functional groups attached to an aromatic ring is 1. The first-order valence-electron chi connectivity index (χ1n) is 9.10. The summed E-state index contributed by atoms with van der Waals surface area (Å²) in [6.07, 6.45) is 3.07. The highest BCUT2D eigenvalue weighted by atomic mass is 16.5. The molecule has 2 aromatic carbocycles. The number of carbonyl (C=O) groups excluding carboxylic acids is 1. The van der Waals surface area contributed by atoms with E-state index in [1.807, 2.05) is 49.4 Å². The molecule has 1 heterocycles. The van der Waals surface area contributed by atoms with Gasteiger partial charge in [-0.3, -0.25) is 4.79 Å². The Bertz CT molecular complexity index is 755. The van der Waals surface area contributed by atoms with Crippen LogP contribution < -0.4 is 15.8 Å². The second kappa shape index (κ2) is 8.72. The van der Waals surface area contributed by atoms with Crippen LogP contribution in [0, 0.1) is 6.92 Å². The van der Waals surface area contributed by atoms with Crippen molar-refractivity contribution in [3.63, 3.8) is 0 Å². The van der Waals surface area contributed by atoms with Crippen LogP contribution in [-0.4, -0.2) is 25.2 Å². The molecule has 1 aliphatic heterocycles. The average Bonchev–Trinajstić information content (AvgIpc) is 2.64. The average molecular weight is 354 g/mol. The number of carbonyl (C=O) groups is 1. The monoisotopic (exact) mass is 354 g/mol. The van der Waals surface area contributed by atoms with Gasteiger partial charge < -0.3 is 20.5 Å². The zero-order valence-corrected chi connectivity index (χ0v) is 15.2. The van der Waals surface area contributed by atoms with Crippen LogP contribution in [-0.2, 0) is 16.0 Å². The van der Waals surface area contributed by atoms with Crippen molar-refractivity contribution >= 4 is 17.3 Å². The first kappa shape index (κ1) is 18.3. The van der Waals surface area contributed by atoms with Gasteiger partial charge in [-0.25, -0.2) is 0 Å². The Balaban J connectivity index is 1.53. The smallest absolute Gasteiger partial charge is 0.224 e. The number of hydrogen-bond donors (Lipinski definition) is 2. The number of anilines is 2. The summed E-state index contributed by atoms with van der Waals surface area (Å²) in [5, 5.41) is 2.95. The Kier molecular flexibility index (Phi) is 6.12. The lowest BCUT2D eigenvalue weighted by Gasteiger charge is -2.24. The Morgan fingerprint density at radius 3 is 2.73 bits per heavy atom. The van der Waals surface area contributed by atoms with Crippen LogP contribution in [0.5, 0.6) is 5.75 Å². The molecule has 3 N–H and O–H groups in total. The van der Waals surface area contributed by atoms with Crippen LogP contribution in [0.25, 0.3) is 0 Å². The van der Waals surface area contributed by atoms with Gasteiger partial charge in [0.1, 0.15) is 11.9 Å². The molecule has 0 aliphatic carbocycles. The predicted octanol–water partition coefficient (Wildman–Crippen LogP) is 3.71. The first-order valence-corrected chi connectivity index (χ1v) is 9.10. The number of aryl methyl sites for hydroxylation is 2. The highest BCUT2D eigenvalue weighted by molar-refractivity contribution is 5.91. The van der Waals surface area contributed by atoms with E-state index < -0.39 is 0 Å². The molecule has 5 heteroatoms. The predicted molar refractivity (Wildman–Crippen MR) is 103 cm³/mol. The molecule has 1 amide bonds. The van der Waals surface area contributed by atoms with Crippen molar-refractivity contribution in [2.75, 3.05) is 24.3 Å². The number of para-hydroxylation sites is 1. The number of hydrogen-bond acceptors (Lipinski definition) is 4. The first-order chi connectivity index (χ1) is 12.6. The molecule has 3 rings (SSSR count). The summed E-state index contributed by atoms with van der Waals surface area (Å²) in [7, 11) is 0. The molecule has 1 fully saturated rings. The number of rotatable bonds is 6. The van der Waals surface area contributed by atoms with E-state index in [9.17, 15) is 4.79 Å². The van der Waals surface area contributed by atoms with E-state index in [2.05, 4.69) is 5.32 Å². The second-order valence-electron chi connectivity index (χ2n) is 6.66. The van der Waals surface area contributed by atoms with E-state index in [4.69, 9.17) is 15.2 Å². The summed E-state index contributed by atoms with van der Waals surface area (Å²) in [6, 6.07) is 13.4. The minimum atomic E-state index is -0.0225. The van der Waals surface area contributed by atoms with Gasteiger partial charge in [-0.05, 0) is 48.7 Å². The van der Waals surface area contributed by atoms with Gasteiger partial charge in [0.05, 0.1) is 13.2 Å². The standard InChI is InChI=1S/C21H26N2O3/c1-15-14-17(7-8-20(15)26-18-10-12-25-13-11-18)23-21(24)9-6-16-4-2-3-5-19(16)22/h2-5,7-8,14,18H,6,9-13,22H2,1H3,(H,23,24). The van der Waals surface area contributed by atoms with Crippen molar-refractivity contribution in [2.45, 2.75) is 38.7 Å². The van der Waals surface area contributed by atoms with Crippen molar-refractivity contribution in [2.24, 2.45) is 0 Å². The van der Waals surface area contributed by atoms with E-state index in [0.29, 0.717) is 12.8 Å². The molecule has 0 aromatic heterocycles. The number of ether oxygens (including phenoxy) is 2. The van der Waals surface area contributed by atoms with E-state index >= 15 is 0 Å². The number of amides is 1. The van der Waals surface area contributed by atoms with Gasteiger partial charge in [0, 0.05) is 30.6 Å². The lowest BCUT2D eigenvalue weighted by atomic mass is 10.1. The Morgan fingerprint density at radius 2 is 2.00 bits per heavy atom. The van der Waals surface area contributed by atoms with Crippen LogP contribution in [0.4, 0.5) is 11.4 Å². The van der Waals surface area contributed by atoms with Gasteiger partial charge in [0.25, 0.3) is 0 Å². The van der Waals surface area contributed by atoms with Crippen molar-refractivity contribution in [3.8, 4) is 5.75 Å². The molecule has 26 heavy (non-hydrogen) atoms. The van der Waals surface area contributed by atoms with Gasteiger partial charge in [-0.2, -0.15) is 0 Å². The number of benzene rings is 2. The molecule has 5 nitrogen and oxygen atoms in total. The third-order valence-electron chi connectivity index (χ3n) is 4.60. The van der Waals surface area contributed by atoms with Gasteiger partial charge in [0.2, 0.25) is 5.91 Å². The summed E-state index contributed by atoms with van der Waals surface area (Å²) in [5.41, 5.74) is 9.45. The summed E-state index contributed by atoms with van der Waals surface area (Å²) in [4.78, 5) is 12.2. The van der Waals surface area contributed by atoms with Crippen molar-refractivity contribution in [1.82, 2.24) is 0 Å². The normalized spacial score (nSPS) is 14.8. The van der Waals surface area contributed by atoms with Crippen molar-refractivity contribution in [1.29, 1.82) is 0 Å². The number of nitrogens with two attached hydrogens (primary N) is 1. The SMILES string of the molecule is Cc1cc(NC(=O)CCc2ccccc2N)ccc1OC1CCOCC1. The summed E-state index contributed by atoms with van der Waals surface area (Å²) >= 11 is 0. The van der Waals surface area contributed by atoms with Crippen LogP contribution in [0.1, 0.15) is 30.4 Å². The van der Waals surface area contributed by atoms with Crippen LogP contribution in [0.2, 0.25) is 0 Å². The molecule has 1 saturated heterocycles. The molecular formula is C21H26N2O3. The fourth-order valence-corrected chi connectivity index (χ4v) is 3.07. The van der Waals surface area contributed by atoms with E-state index in [1.54, 1.807) is 0 Å². The Labute approximate surface area is 154 Å². The maximum atomic E-state index is 12.2. The molecule has 0 unspecified atom stereocenters. The third kappa shape index (κ3) is 4.99. The van der Waals surface area contributed by atoms with E-state index in [-0.39, 0.29) is 12.0 Å². The van der Waals surface area contributed by atoms with Crippen LogP contribution >= 0.6 is 0 Å². The highest BCUT2D eigenvalue weighted by Crippen LogP contribution is 2.25. The van der Waals surface area contributed by atoms with Gasteiger partial charge in [-0.1, -0.05) is 18.2 Å². The lowest BCUT2D eigenvalue weighted by molar-refractivity contribution is -0.116. The second-order valence-corrected chi connectivity index (χ2v) is 6.66.